The van der Waals surface area contributed by atoms with Gasteiger partial charge in [0.05, 0.1) is 25.5 Å². The van der Waals surface area contributed by atoms with Crippen molar-refractivity contribution in [2.75, 3.05) is 31.2 Å². The molecule has 0 unspecified atom stereocenters. The summed E-state index contributed by atoms with van der Waals surface area (Å²) in [4.78, 5) is 10.6. The van der Waals surface area contributed by atoms with Crippen molar-refractivity contribution in [1.29, 1.82) is 0 Å². The molecule has 1 aromatic carbocycles. The van der Waals surface area contributed by atoms with Crippen molar-refractivity contribution in [3.05, 3.63) is 53.7 Å². The number of nitrogens with one attached hydrogen (secondary N) is 1. The summed E-state index contributed by atoms with van der Waals surface area (Å²) in [5.41, 5.74) is 0.385. The largest absolute Gasteiger partial charge is 0.378 e. The fourth-order valence-electron chi connectivity index (χ4n) is 2.51. The van der Waals surface area contributed by atoms with Gasteiger partial charge in [0.15, 0.2) is 0 Å². The minimum Gasteiger partial charge on any atom is -0.378 e. The molecule has 25 heavy (non-hydrogen) atoms. The van der Waals surface area contributed by atoms with Crippen molar-refractivity contribution in [1.82, 2.24) is 14.7 Å². The Morgan fingerprint density at radius 1 is 1.24 bits per heavy atom. The van der Waals surface area contributed by atoms with Crippen LogP contribution in [0, 0.1) is 5.82 Å². The predicted octanol–water partition coefficient (Wildman–Crippen LogP) is 1.07. The number of ether oxygens (including phenoxy) is 1. The lowest BCUT2D eigenvalue weighted by atomic mass is 10.2. The number of rotatable bonds is 6. The van der Waals surface area contributed by atoms with Crippen LogP contribution in [0.4, 0.5) is 10.2 Å². The van der Waals surface area contributed by atoms with Gasteiger partial charge in [0.2, 0.25) is 10.0 Å². The maximum atomic E-state index is 13.2. The molecular formula is C16H19FN4O3S. The molecule has 1 aromatic heterocycles. The van der Waals surface area contributed by atoms with Crippen LogP contribution in [-0.4, -0.2) is 44.7 Å². The van der Waals surface area contributed by atoms with Crippen molar-refractivity contribution in [2.45, 2.75) is 12.3 Å². The van der Waals surface area contributed by atoms with Crippen molar-refractivity contribution in [2.24, 2.45) is 0 Å². The van der Waals surface area contributed by atoms with Gasteiger partial charge in [0.25, 0.3) is 0 Å². The van der Waals surface area contributed by atoms with Gasteiger partial charge in [-0.2, -0.15) is 0 Å². The van der Waals surface area contributed by atoms with E-state index in [2.05, 4.69) is 19.6 Å². The molecule has 2 heterocycles. The summed E-state index contributed by atoms with van der Waals surface area (Å²) in [6, 6.07) is 7.31. The molecule has 9 heteroatoms. The Hall–Kier alpha value is -2.10. The first-order chi connectivity index (χ1) is 12.0. The van der Waals surface area contributed by atoms with E-state index in [0.29, 0.717) is 24.6 Å². The molecule has 0 bridgehead atoms. The molecular weight excluding hydrogens is 347 g/mol. The molecule has 7 nitrogen and oxygen atoms in total. The van der Waals surface area contributed by atoms with Gasteiger partial charge in [-0.05, 0) is 23.8 Å². The van der Waals surface area contributed by atoms with Crippen molar-refractivity contribution in [3.63, 3.8) is 0 Å². The maximum absolute atomic E-state index is 13.2. The second kappa shape index (κ2) is 7.85. The van der Waals surface area contributed by atoms with E-state index in [1.165, 1.54) is 18.2 Å². The van der Waals surface area contributed by atoms with Gasteiger partial charge in [-0.15, -0.1) is 0 Å². The number of nitrogens with zero attached hydrogens (tertiary/aromatic N) is 3. The van der Waals surface area contributed by atoms with E-state index in [4.69, 9.17) is 4.74 Å². The molecule has 0 aliphatic carbocycles. The van der Waals surface area contributed by atoms with E-state index in [-0.39, 0.29) is 12.3 Å². The summed E-state index contributed by atoms with van der Waals surface area (Å²) < 4.78 is 45.2. The zero-order chi connectivity index (χ0) is 17.7. The molecule has 0 radical (unpaired) electrons. The van der Waals surface area contributed by atoms with Crippen LogP contribution in [0.1, 0.15) is 11.4 Å². The minimum atomic E-state index is -3.62. The summed E-state index contributed by atoms with van der Waals surface area (Å²) in [6.45, 7) is 2.73. The number of halogens is 1. The smallest absolute Gasteiger partial charge is 0.216 e. The first-order valence-electron chi connectivity index (χ1n) is 7.88. The lowest BCUT2D eigenvalue weighted by Crippen LogP contribution is -2.37. The zero-order valence-corrected chi connectivity index (χ0v) is 14.4. The Bertz CT molecular complexity index is 826. The molecule has 1 fully saturated rings. The monoisotopic (exact) mass is 366 g/mol. The highest BCUT2D eigenvalue weighted by molar-refractivity contribution is 7.88. The topological polar surface area (TPSA) is 84.4 Å². The maximum Gasteiger partial charge on any atom is 0.216 e. The molecule has 1 saturated heterocycles. The van der Waals surface area contributed by atoms with Gasteiger partial charge in [-0.1, -0.05) is 12.1 Å². The molecule has 1 N–H and O–H groups in total. The normalized spacial score (nSPS) is 15.3. The SMILES string of the molecule is O=S(=O)(Cc1cccc(F)c1)NCc1nccc(N2CCOCC2)n1. The summed E-state index contributed by atoms with van der Waals surface area (Å²) in [5, 5.41) is 0. The van der Waals surface area contributed by atoms with Gasteiger partial charge in [0.1, 0.15) is 17.5 Å². The molecule has 0 spiro atoms. The van der Waals surface area contributed by atoms with E-state index >= 15 is 0 Å². The summed E-state index contributed by atoms with van der Waals surface area (Å²) >= 11 is 0. The third-order valence-corrected chi connectivity index (χ3v) is 5.02. The van der Waals surface area contributed by atoms with Gasteiger partial charge in [-0.25, -0.2) is 27.5 Å². The minimum absolute atomic E-state index is 0.0180. The quantitative estimate of drug-likeness (QED) is 0.823. The average molecular weight is 366 g/mol. The van der Waals surface area contributed by atoms with Gasteiger partial charge in [-0.3, -0.25) is 0 Å². The highest BCUT2D eigenvalue weighted by Gasteiger charge is 2.15. The molecule has 134 valence electrons. The molecule has 2 aromatic rings. The Morgan fingerprint density at radius 2 is 2.04 bits per heavy atom. The molecule has 1 aliphatic rings. The van der Waals surface area contributed by atoms with Gasteiger partial charge >= 0.3 is 0 Å². The lowest BCUT2D eigenvalue weighted by Gasteiger charge is -2.27. The third-order valence-electron chi connectivity index (χ3n) is 3.72. The fraction of sp³-hybridized carbons (Fsp3) is 0.375. The molecule has 0 atom stereocenters. The first kappa shape index (κ1) is 17.7. The Balaban J connectivity index is 1.62. The van der Waals surface area contributed by atoms with Crippen LogP contribution in [-0.2, 0) is 27.1 Å². The third kappa shape index (κ3) is 5.18. The number of anilines is 1. The van der Waals surface area contributed by atoms with Crippen molar-refractivity contribution in [3.8, 4) is 0 Å². The van der Waals surface area contributed by atoms with Gasteiger partial charge in [0, 0.05) is 19.3 Å². The van der Waals surface area contributed by atoms with E-state index in [1.807, 2.05) is 0 Å². The number of hydrogen-bond donors (Lipinski definition) is 1. The Morgan fingerprint density at radius 3 is 2.80 bits per heavy atom. The Kier molecular flexibility index (Phi) is 5.57. The first-order valence-corrected chi connectivity index (χ1v) is 9.53. The highest BCUT2D eigenvalue weighted by Crippen LogP contribution is 2.12. The standard InChI is InChI=1S/C16H19FN4O3S/c17-14-3-1-2-13(10-14)12-25(22,23)19-11-15-18-5-4-16(20-15)21-6-8-24-9-7-21/h1-5,10,19H,6-9,11-12H2. The fourth-order valence-corrected chi connectivity index (χ4v) is 3.58. The Labute approximate surface area is 145 Å². The van der Waals surface area contributed by atoms with Crippen LogP contribution in [0.15, 0.2) is 36.5 Å². The molecule has 0 amide bonds. The van der Waals surface area contributed by atoms with Crippen LogP contribution in [0.25, 0.3) is 0 Å². The van der Waals surface area contributed by atoms with E-state index in [0.717, 1.165) is 18.9 Å². The number of benzene rings is 1. The number of hydrogen-bond acceptors (Lipinski definition) is 6. The second-order valence-corrected chi connectivity index (χ2v) is 7.45. The van der Waals surface area contributed by atoms with Gasteiger partial charge < -0.3 is 9.64 Å². The predicted molar refractivity (Wildman–Crippen MR) is 90.9 cm³/mol. The zero-order valence-electron chi connectivity index (χ0n) is 13.6. The molecule has 0 saturated carbocycles. The number of sulfonamides is 1. The van der Waals surface area contributed by atoms with Crippen molar-refractivity contribution >= 4 is 15.8 Å². The summed E-state index contributed by atoms with van der Waals surface area (Å²) in [5.74, 6) is 0.368. The van der Waals surface area contributed by atoms with E-state index in [1.54, 1.807) is 18.3 Å². The van der Waals surface area contributed by atoms with Crippen molar-refractivity contribution < 1.29 is 17.5 Å². The summed E-state index contributed by atoms with van der Waals surface area (Å²) in [6.07, 6.45) is 1.61. The number of aromatic nitrogens is 2. The van der Waals surface area contributed by atoms with Crippen LogP contribution in [0.5, 0.6) is 0 Å². The number of morpholine rings is 1. The van der Waals surface area contributed by atoms with E-state index in [9.17, 15) is 12.8 Å². The molecule has 1 aliphatic heterocycles. The van der Waals surface area contributed by atoms with E-state index < -0.39 is 15.8 Å². The lowest BCUT2D eigenvalue weighted by molar-refractivity contribution is 0.122. The molecule has 3 rings (SSSR count). The van der Waals surface area contributed by atoms with Crippen LogP contribution < -0.4 is 9.62 Å². The second-order valence-electron chi connectivity index (χ2n) is 5.64. The summed E-state index contributed by atoms with van der Waals surface area (Å²) in [7, 11) is -3.62. The average Bonchev–Trinajstić information content (AvgIpc) is 2.61. The highest BCUT2D eigenvalue weighted by atomic mass is 32.2. The van der Waals surface area contributed by atoms with Crippen LogP contribution in [0.2, 0.25) is 0 Å². The van der Waals surface area contributed by atoms with Crippen LogP contribution in [0.3, 0.4) is 0 Å². The van der Waals surface area contributed by atoms with Crippen LogP contribution >= 0.6 is 0 Å².